The third-order valence-electron chi connectivity index (χ3n) is 5.48. The molecule has 1 aromatic heterocycles. The Morgan fingerprint density at radius 3 is 2.63 bits per heavy atom. The minimum absolute atomic E-state index is 0.217. The first-order chi connectivity index (χ1) is 14.6. The van der Waals surface area contributed by atoms with Crippen molar-refractivity contribution in [3.05, 3.63) is 58.0 Å². The summed E-state index contributed by atoms with van der Waals surface area (Å²) in [6.45, 7) is 9.66. The molecule has 0 spiro atoms. The van der Waals surface area contributed by atoms with Gasteiger partial charge in [-0.25, -0.2) is 0 Å². The molecule has 1 aromatic carbocycles. The molecular formula is C24H33N3O3. The van der Waals surface area contributed by atoms with Gasteiger partial charge < -0.3 is 14.6 Å². The van der Waals surface area contributed by atoms with E-state index in [1.165, 1.54) is 0 Å². The van der Waals surface area contributed by atoms with Gasteiger partial charge in [0.1, 0.15) is 5.56 Å². The van der Waals surface area contributed by atoms with E-state index in [9.17, 15) is 9.59 Å². The third kappa shape index (κ3) is 6.03. The van der Waals surface area contributed by atoms with Gasteiger partial charge in [-0.15, -0.1) is 0 Å². The maximum absolute atomic E-state index is 12.9. The van der Waals surface area contributed by atoms with Crippen LogP contribution in [-0.4, -0.2) is 54.8 Å². The smallest absolute Gasteiger partial charge is 0.263 e. The number of amides is 1. The number of hydrogen-bond acceptors (Lipinski definition) is 4. The van der Waals surface area contributed by atoms with E-state index in [0.29, 0.717) is 13.1 Å². The lowest BCUT2D eigenvalue weighted by Gasteiger charge is -2.26. The molecule has 0 aliphatic carbocycles. The zero-order valence-electron chi connectivity index (χ0n) is 18.2. The fraction of sp³-hybridized carbons (Fsp3) is 0.500. The van der Waals surface area contributed by atoms with Crippen molar-refractivity contribution < 1.29 is 9.53 Å². The molecule has 1 aliphatic rings. The van der Waals surface area contributed by atoms with Crippen molar-refractivity contribution >= 4 is 5.91 Å². The number of pyridine rings is 1. The molecule has 1 saturated heterocycles. The Kier molecular flexibility index (Phi) is 8.22. The molecule has 1 N–H and O–H groups in total. The average Bonchev–Trinajstić information content (AvgIpc) is 2.76. The van der Waals surface area contributed by atoms with Crippen molar-refractivity contribution in [1.29, 1.82) is 0 Å². The summed E-state index contributed by atoms with van der Waals surface area (Å²) >= 11 is 0. The SMILES string of the molecule is CCCCn1cc(-c2cccc(C)c2)cc(C(=O)NCCCN2CCOCC2)c1=O. The van der Waals surface area contributed by atoms with Crippen molar-refractivity contribution in [2.75, 3.05) is 39.4 Å². The number of nitrogens with one attached hydrogen (secondary N) is 1. The molecule has 0 unspecified atom stereocenters. The maximum atomic E-state index is 12.9. The molecule has 162 valence electrons. The Labute approximate surface area is 178 Å². The lowest BCUT2D eigenvalue weighted by Crippen LogP contribution is -2.38. The normalized spacial score (nSPS) is 14.6. The Hall–Kier alpha value is -2.44. The van der Waals surface area contributed by atoms with Gasteiger partial charge in [0.15, 0.2) is 0 Å². The van der Waals surface area contributed by atoms with Gasteiger partial charge in [-0.3, -0.25) is 14.5 Å². The number of morpholine rings is 1. The van der Waals surface area contributed by atoms with Crippen molar-refractivity contribution in [1.82, 2.24) is 14.8 Å². The van der Waals surface area contributed by atoms with Gasteiger partial charge >= 0.3 is 0 Å². The molecule has 30 heavy (non-hydrogen) atoms. The zero-order chi connectivity index (χ0) is 21.3. The molecule has 1 aliphatic heterocycles. The molecule has 0 radical (unpaired) electrons. The first-order valence-corrected chi connectivity index (χ1v) is 11.0. The summed E-state index contributed by atoms with van der Waals surface area (Å²) in [5, 5.41) is 2.94. The summed E-state index contributed by atoms with van der Waals surface area (Å²) in [5.74, 6) is -0.290. The summed E-state index contributed by atoms with van der Waals surface area (Å²) in [5.41, 5.74) is 3.06. The van der Waals surface area contributed by atoms with Gasteiger partial charge in [-0.05, 0) is 43.5 Å². The lowest BCUT2D eigenvalue weighted by molar-refractivity contribution is 0.0374. The summed E-state index contributed by atoms with van der Waals surface area (Å²) in [6, 6.07) is 9.86. The minimum atomic E-state index is -0.290. The van der Waals surface area contributed by atoms with Gasteiger partial charge in [0.05, 0.1) is 13.2 Å². The van der Waals surface area contributed by atoms with Crippen LogP contribution in [0.4, 0.5) is 0 Å². The van der Waals surface area contributed by atoms with Crippen molar-refractivity contribution in [2.24, 2.45) is 0 Å². The standard InChI is InChI=1S/C24H33N3O3/c1-3-4-11-27-18-21(20-8-5-7-19(2)16-20)17-22(24(27)29)23(28)25-9-6-10-26-12-14-30-15-13-26/h5,7-8,16-18H,3-4,6,9-15H2,1-2H3,(H,25,28). The number of benzene rings is 1. The maximum Gasteiger partial charge on any atom is 0.263 e. The zero-order valence-corrected chi connectivity index (χ0v) is 18.2. The number of ether oxygens (including phenoxy) is 1. The highest BCUT2D eigenvalue weighted by molar-refractivity contribution is 5.95. The molecular weight excluding hydrogens is 378 g/mol. The molecule has 0 saturated carbocycles. The molecule has 6 nitrogen and oxygen atoms in total. The van der Waals surface area contributed by atoms with Crippen LogP contribution >= 0.6 is 0 Å². The Morgan fingerprint density at radius 1 is 1.10 bits per heavy atom. The largest absolute Gasteiger partial charge is 0.379 e. The van der Waals surface area contributed by atoms with Crippen LogP contribution in [-0.2, 0) is 11.3 Å². The Balaban J connectivity index is 1.73. The van der Waals surface area contributed by atoms with Crippen LogP contribution in [0.5, 0.6) is 0 Å². The fourth-order valence-corrected chi connectivity index (χ4v) is 3.70. The van der Waals surface area contributed by atoms with E-state index >= 15 is 0 Å². The molecule has 2 heterocycles. The van der Waals surface area contributed by atoms with E-state index < -0.39 is 0 Å². The first kappa shape index (κ1) is 22.2. The molecule has 0 atom stereocenters. The summed E-state index contributed by atoms with van der Waals surface area (Å²) in [4.78, 5) is 28.1. The number of nitrogens with zero attached hydrogens (tertiary/aromatic N) is 2. The van der Waals surface area contributed by atoms with Crippen LogP contribution in [0.2, 0.25) is 0 Å². The second-order valence-electron chi connectivity index (χ2n) is 7.93. The number of carbonyl (C=O) groups is 1. The van der Waals surface area contributed by atoms with E-state index in [4.69, 9.17) is 4.74 Å². The van der Waals surface area contributed by atoms with E-state index in [1.54, 1.807) is 10.6 Å². The van der Waals surface area contributed by atoms with E-state index in [0.717, 1.165) is 68.8 Å². The molecule has 3 rings (SSSR count). The van der Waals surface area contributed by atoms with Gasteiger partial charge in [0.25, 0.3) is 11.5 Å². The second kappa shape index (κ2) is 11.1. The number of rotatable bonds is 9. The molecule has 2 aromatic rings. The fourth-order valence-electron chi connectivity index (χ4n) is 3.70. The van der Waals surface area contributed by atoms with Crippen LogP contribution < -0.4 is 10.9 Å². The van der Waals surface area contributed by atoms with Crippen molar-refractivity contribution in [3.63, 3.8) is 0 Å². The van der Waals surface area contributed by atoms with E-state index in [-0.39, 0.29) is 17.0 Å². The van der Waals surface area contributed by atoms with Gasteiger partial charge in [-0.1, -0.05) is 43.2 Å². The highest BCUT2D eigenvalue weighted by Crippen LogP contribution is 2.20. The van der Waals surface area contributed by atoms with Crippen LogP contribution in [0.1, 0.15) is 42.1 Å². The van der Waals surface area contributed by atoms with Crippen LogP contribution in [0.3, 0.4) is 0 Å². The minimum Gasteiger partial charge on any atom is -0.379 e. The summed E-state index contributed by atoms with van der Waals surface area (Å²) in [6.07, 6.45) is 4.62. The highest BCUT2D eigenvalue weighted by Gasteiger charge is 2.16. The molecule has 1 amide bonds. The Bertz CT molecular complexity index is 901. The van der Waals surface area contributed by atoms with Crippen LogP contribution in [0.15, 0.2) is 41.3 Å². The van der Waals surface area contributed by atoms with Crippen molar-refractivity contribution in [3.8, 4) is 11.1 Å². The third-order valence-corrected chi connectivity index (χ3v) is 5.48. The topological polar surface area (TPSA) is 63.6 Å². The Morgan fingerprint density at radius 2 is 1.90 bits per heavy atom. The average molecular weight is 412 g/mol. The number of unbranched alkanes of at least 4 members (excludes halogenated alkanes) is 1. The van der Waals surface area contributed by atoms with Gasteiger partial charge in [0.2, 0.25) is 0 Å². The first-order valence-electron chi connectivity index (χ1n) is 11.0. The van der Waals surface area contributed by atoms with E-state index in [1.807, 2.05) is 31.3 Å². The lowest BCUT2D eigenvalue weighted by atomic mass is 10.0. The van der Waals surface area contributed by atoms with Gasteiger partial charge in [0, 0.05) is 32.4 Å². The van der Waals surface area contributed by atoms with Crippen LogP contribution in [0.25, 0.3) is 11.1 Å². The summed E-state index contributed by atoms with van der Waals surface area (Å²) < 4.78 is 7.05. The predicted octanol–water partition coefficient (Wildman–Crippen LogP) is 3.08. The van der Waals surface area contributed by atoms with Crippen molar-refractivity contribution in [2.45, 2.75) is 39.7 Å². The van der Waals surface area contributed by atoms with Crippen LogP contribution in [0, 0.1) is 6.92 Å². The second-order valence-corrected chi connectivity index (χ2v) is 7.93. The monoisotopic (exact) mass is 411 g/mol. The molecule has 1 fully saturated rings. The number of carbonyl (C=O) groups excluding carboxylic acids is 1. The quantitative estimate of drug-likeness (QED) is 0.644. The number of aromatic nitrogens is 1. The summed E-state index contributed by atoms with van der Waals surface area (Å²) in [7, 11) is 0. The highest BCUT2D eigenvalue weighted by atomic mass is 16.5. The van der Waals surface area contributed by atoms with Gasteiger partial charge in [-0.2, -0.15) is 0 Å². The van der Waals surface area contributed by atoms with E-state index in [2.05, 4.69) is 23.2 Å². The molecule has 0 bridgehead atoms. The number of aryl methyl sites for hydroxylation is 2. The number of hydrogen-bond donors (Lipinski definition) is 1. The molecule has 6 heteroatoms. The predicted molar refractivity (Wildman–Crippen MR) is 120 cm³/mol.